The van der Waals surface area contributed by atoms with Crippen LogP contribution in [0, 0.1) is 6.92 Å². The molecule has 2 aliphatic heterocycles. The summed E-state index contributed by atoms with van der Waals surface area (Å²) in [4.78, 5) is 40.0. The molecule has 3 aromatic rings. The van der Waals surface area contributed by atoms with E-state index in [9.17, 15) is 35.9 Å². The Balaban J connectivity index is 1.56. The number of fused-ring (bicyclic) bond motifs is 1. The topological polar surface area (TPSA) is 81.7 Å². The number of benzene rings is 2. The summed E-state index contributed by atoms with van der Waals surface area (Å²) in [6.07, 6.45) is -10.0. The van der Waals surface area contributed by atoms with Crippen molar-refractivity contribution in [2.45, 2.75) is 32.7 Å². The molecule has 5 rings (SSSR count). The SMILES string of the molecule is CC(=O)N1CCN(c2nc3c(c(-c4ccccc4C)n2)C(=O)N(Cc2cc(C(F)(F)F)cc(C(F)(F)F)c2)CCN3)CC1. The quantitative estimate of drug-likeness (QED) is 0.410. The number of aromatic nitrogens is 2. The van der Waals surface area contributed by atoms with Gasteiger partial charge in [-0.2, -0.15) is 31.3 Å². The Morgan fingerprint density at radius 2 is 1.53 bits per heavy atom. The molecule has 2 aromatic carbocycles. The number of hydrogen-bond acceptors (Lipinski definition) is 6. The van der Waals surface area contributed by atoms with Crippen LogP contribution in [0.1, 0.15) is 39.5 Å². The molecule has 3 heterocycles. The third-order valence-electron chi connectivity index (χ3n) is 7.50. The van der Waals surface area contributed by atoms with Gasteiger partial charge in [0.1, 0.15) is 11.4 Å². The Morgan fingerprint density at radius 3 is 2.12 bits per heavy atom. The molecule has 228 valence electrons. The number of carbonyl (C=O) groups is 2. The van der Waals surface area contributed by atoms with Crippen LogP contribution in [-0.2, 0) is 23.7 Å². The van der Waals surface area contributed by atoms with Crippen molar-refractivity contribution in [3.63, 3.8) is 0 Å². The zero-order valence-corrected chi connectivity index (χ0v) is 23.3. The van der Waals surface area contributed by atoms with E-state index in [1.807, 2.05) is 24.0 Å². The van der Waals surface area contributed by atoms with Crippen molar-refractivity contribution in [3.05, 3.63) is 70.3 Å². The molecule has 0 radical (unpaired) electrons. The molecule has 0 aliphatic carbocycles. The largest absolute Gasteiger partial charge is 0.416 e. The van der Waals surface area contributed by atoms with Gasteiger partial charge in [-0.1, -0.05) is 24.3 Å². The number of anilines is 2. The number of amides is 2. The molecular weight excluding hydrogens is 578 g/mol. The van der Waals surface area contributed by atoms with Gasteiger partial charge in [-0.3, -0.25) is 9.59 Å². The van der Waals surface area contributed by atoms with Crippen molar-refractivity contribution in [2.75, 3.05) is 49.5 Å². The summed E-state index contributed by atoms with van der Waals surface area (Å²) in [5.74, 6) is -0.123. The van der Waals surface area contributed by atoms with Gasteiger partial charge in [-0.15, -0.1) is 0 Å². The van der Waals surface area contributed by atoms with Gasteiger partial charge in [-0.25, -0.2) is 4.98 Å². The zero-order chi connectivity index (χ0) is 31.1. The van der Waals surface area contributed by atoms with Gasteiger partial charge in [0, 0.05) is 58.3 Å². The molecule has 14 heteroatoms. The van der Waals surface area contributed by atoms with Crippen LogP contribution in [0.25, 0.3) is 11.3 Å². The minimum Gasteiger partial charge on any atom is -0.367 e. The van der Waals surface area contributed by atoms with Crippen molar-refractivity contribution in [1.82, 2.24) is 19.8 Å². The second kappa shape index (κ2) is 11.4. The fourth-order valence-electron chi connectivity index (χ4n) is 5.23. The van der Waals surface area contributed by atoms with Gasteiger partial charge >= 0.3 is 12.4 Å². The highest BCUT2D eigenvalue weighted by Gasteiger charge is 2.38. The fraction of sp³-hybridized carbons (Fsp3) is 0.379. The van der Waals surface area contributed by atoms with Crippen molar-refractivity contribution < 1.29 is 35.9 Å². The maximum absolute atomic E-state index is 14.0. The third-order valence-corrected chi connectivity index (χ3v) is 7.50. The van der Waals surface area contributed by atoms with Gasteiger partial charge in [-0.05, 0) is 36.2 Å². The molecule has 0 atom stereocenters. The monoisotopic (exact) mass is 606 g/mol. The van der Waals surface area contributed by atoms with Crippen LogP contribution in [0.3, 0.4) is 0 Å². The summed E-state index contributed by atoms with van der Waals surface area (Å²) in [5.41, 5.74) is -1.42. The molecule has 1 N–H and O–H groups in total. The van der Waals surface area contributed by atoms with E-state index in [1.54, 1.807) is 17.0 Å². The van der Waals surface area contributed by atoms with Crippen LogP contribution in [-0.4, -0.2) is 70.9 Å². The molecule has 1 fully saturated rings. The Hall–Kier alpha value is -4.36. The number of aryl methyl sites for hydroxylation is 1. The molecule has 2 amide bonds. The second-order valence-electron chi connectivity index (χ2n) is 10.5. The number of carbonyl (C=O) groups excluding carboxylic acids is 2. The maximum Gasteiger partial charge on any atom is 0.416 e. The Morgan fingerprint density at radius 1 is 0.907 bits per heavy atom. The molecule has 2 aliphatic rings. The summed E-state index contributed by atoms with van der Waals surface area (Å²) in [6.45, 7) is 4.83. The maximum atomic E-state index is 14.0. The zero-order valence-electron chi connectivity index (χ0n) is 23.3. The van der Waals surface area contributed by atoms with Crippen molar-refractivity contribution in [3.8, 4) is 11.3 Å². The Bertz CT molecular complexity index is 1520. The molecule has 0 spiro atoms. The van der Waals surface area contributed by atoms with E-state index < -0.39 is 35.9 Å². The molecular formula is C29H28F6N6O2. The van der Waals surface area contributed by atoms with Crippen molar-refractivity contribution in [1.29, 1.82) is 0 Å². The van der Waals surface area contributed by atoms with E-state index in [-0.39, 0.29) is 47.7 Å². The van der Waals surface area contributed by atoms with Crippen molar-refractivity contribution >= 4 is 23.6 Å². The molecule has 1 saturated heterocycles. The number of rotatable bonds is 4. The van der Waals surface area contributed by atoms with E-state index in [2.05, 4.69) is 10.3 Å². The fourth-order valence-corrected chi connectivity index (χ4v) is 5.23. The number of piperazine rings is 1. The molecule has 8 nitrogen and oxygen atoms in total. The summed E-state index contributed by atoms with van der Waals surface area (Å²) in [7, 11) is 0. The van der Waals surface area contributed by atoms with Gasteiger partial charge in [0.15, 0.2) is 0 Å². The molecule has 43 heavy (non-hydrogen) atoms. The molecule has 0 bridgehead atoms. The standard InChI is InChI=1S/C29H28F6N6O2/c1-17-5-3-4-6-22(17)24-23-25(38-27(37-24)40-11-9-39(10-12-40)18(2)42)36-7-8-41(26(23)43)16-19-13-20(28(30,31)32)15-21(14-19)29(33,34)35/h3-6,13-15H,7-12,16H2,1-2H3,(H,36,37,38). The number of nitrogens with zero attached hydrogens (tertiary/aromatic N) is 5. The smallest absolute Gasteiger partial charge is 0.367 e. The minimum absolute atomic E-state index is 0.00732. The van der Waals surface area contributed by atoms with Gasteiger partial charge in [0.05, 0.1) is 16.8 Å². The predicted octanol–water partition coefficient (Wildman–Crippen LogP) is 5.23. The van der Waals surface area contributed by atoms with Crippen LogP contribution >= 0.6 is 0 Å². The number of nitrogens with one attached hydrogen (secondary N) is 1. The van der Waals surface area contributed by atoms with Crippen LogP contribution in [0.15, 0.2) is 42.5 Å². The summed E-state index contributed by atoms with van der Waals surface area (Å²) < 4.78 is 80.9. The van der Waals surface area contributed by atoms with Gasteiger partial charge in [0.2, 0.25) is 11.9 Å². The average Bonchev–Trinajstić information content (AvgIpc) is 3.10. The van der Waals surface area contributed by atoms with Crippen LogP contribution in [0.5, 0.6) is 0 Å². The summed E-state index contributed by atoms with van der Waals surface area (Å²) in [6, 6.07) is 8.53. The lowest BCUT2D eigenvalue weighted by Crippen LogP contribution is -2.48. The summed E-state index contributed by atoms with van der Waals surface area (Å²) >= 11 is 0. The van der Waals surface area contributed by atoms with Gasteiger partial charge < -0.3 is 20.0 Å². The highest BCUT2D eigenvalue weighted by Crippen LogP contribution is 2.38. The van der Waals surface area contributed by atoms with Crippen LogP contribution in [0.4, 0.5) is 38.1 Å². The van der Waals surface area contributed by atoms with E-state index in [1.165, 1.54) is 11.8 Å². The third kappa shape index (κ3) is 6.37. The number of halogens is 6. The molecule has 0 unspecified atom stereocenters. The second-order valence-corrected chi connectivity index (χ2v) is 10.5. The van der Waals surface area contributed by atoms with E-state index in [0.717, 1.165) is 5.56 Å². The van der Waals surface area contributed by atoms with Crippen LogP contribution in [0.2, 0.25) is 0 Å². The molecule has 0 saturated carbocycles. The van der Waals surface area contributed by atoms with Crippen molar-refractivity contribution in [2.24, 2.45) is 0 Å². The lowest BCUT2D eigenvalue weighted by molar-refractivity contribution is -0.143. The summed E-state index contributed by atoms with van der Waals surface area (Å²) in [5, 5.41) is 3.11. The first-order chi connectivity index (χ1) is 20.2. The van der Waals surface area contributed by atoms with E-state index in [4.69, 9.17) is 4.98 Å². The van der Waals surface area contributed by atoms with Crippen LogP contribution < -0.4 is 10.2 Å². The molecule has 1 aromatic heterocycles. The first-order valence-corrected chi connectivity index (χ1v) is 13.5. The first-order valence-electron chi connectivity index (χ1n) is 13.5. The first kappa shape index (κ1) is 30.1. The number of alkyl halides is 6. The predicted molar refractivity (Wildman–Crippen MR) is 146 cm³/mol. The Labute approximate surface area is 243 Å². The lowest BCUT2D eigenvalue weighted by Gasteiger charge is -2.34. The van der Waals surface area contributed by atoms with Gasteiger partial charge in [0.25, 0.3) is 5.91 Å². The highest BCUT2D eigenvalue weighted by molar-refractivity contribution is 6.05. The normalized spacial score (nSPS) is 16.1. The van der Waals surface area contributed by atoms with E-state index in [0.29, 0.717) is 49.8 Å². The average molecular weight is 607 g/mol. The highest BCUT2D eigenvalue weighted by atomic mass is 19.4. The van der Waals surface area contributed by atoms with E-state index >= 15 is 0 Å². The lowest BCUT2D eigenvalue weighted by atomic mass is 10.00. The minimum atomic E-state index is -5.01. The Kier molecular flexibility index (Phi) is 7.97. The number of hydrogen-bond donors (Lipinski definition) is 1.